The van der Waals surface area contributed by atoms with Gasteiger partial charge in [0.2, 0.25) is 10.0 Å². The lowest BCUT2D eigenvalue weighted by atomic mass is 10.2. The third kappa shape index (κ3) is 5.23. The lowest BCUT2D eigenvalue weighted by Crippen LogP contribution is -2.53. The van der Waals surface area contributed by atoms with Crippen LogP contribution in [0.2, 0.25) is 0 Å². The van der Waals surface area contributed by atoms with Crippen LogP contribution in [0.15, 0.2) is 46.1 Å². The smallest absolute Gasteiger partial charge is 0.220 e. The average molecular weight is 407 g/mol. The van der Waals surface area contributed by atoms with E-state index >= 15 is 0 Å². The number of piperazine rings is 1. The SMILES string of the molecule is CCNC(=NCc1ccc(O)cc1)N1CCN(S(=O)(=O)Cc2ccon2)CC1. The molecule has 28 heavy (non-hydrogen) atoms. The van der Waals surface area contributed by atoms with E-state index in [0.29, 0.717) is 38.4 Å². The number of aliphatic imine (C=N–C) groups is 1. The quantitative estimate of drug-likeness (QED) is 0.543. The Balaban J connectivity index is 1.60. The monoisotopic (exact) mass is 407 g/mol. The first-order chi connectivity index (χ1) is 13.5. The van der Waals surface area contributed by atoms with E-state index in [0.717, 1.165) is 18.1 Å². The molecule has 9 nitrogen and oxygen atoms in total. The summed E-state index contributed by atoms with van der Waals surface area (Å²) in [6, 6.07) is 8.49. The second kappa shape index (κ2) is 9.07. The summed E-state index contributed by atoms with van der Waals surface area (Å²) in [6.07, 6.45) is 1.37. The highest BCUT2D eigenvalue weighted by Crippen LogP contribution is 2.14. The second-order valence-electron chi connectivity index (χ2n) is 6.47. The highest BCUT2D eigenvalue weighted by molar-refractivity contribution is 7.88. The molecule has 0 saturated carbocycles. The number of nitrogens with one attached hydrogen (secondary N) is 1. The van der Waals surface area contributed by atoms with Gasteiger partial charge in [0.05, 0.1) is 12.2 Å². The summed E-state index contributed by atoms with van der Waals surface area (Å²) in [5, 5.41) is 16.3. The molecule has 152 valence electrons. The summed E-state index contributed by atoms with van der Waals surface area (Å²) < 4.78 is 31.3. The number of nitrogens with zero attached hydrogens (tertiary/aromatic N) is 4. The average Bonchev–Trinajstić information content (AvgIpc) is 3.19. The van der Waals surface area contributed by atoms with Crippen molar-refractivity contribution in [2.75, 3.05) is 32.7 Å². The number of phenolic OH excluding ortho intramolecular Hbond substituents is 1. The van der Waals surface area contributed by atoms with Crippen LogP contribution in [-0.2, 0) is 22.3 Å². The highest BCUT2D eigenvalue weighted by atomic mass is 32.2. The van der Waals surface area contributed by atoms with Gasteiger partial charge in [-0.05, 0) is 24.6 Å². The summed E-state index contributed by atoms with van der Waals surface area (Å²) >= 11 is 0. The van der Waals surface area contributed by atoms with E-state index in [2.05, 4.69) is 20.4 Å². The van der Waals surface area contributed by atoms with Gasteiger partial charge in [0.15, 0.2) is 5.96 Å². The molecule has 0 unspecified atom stereocenters. The Kier molecular flexibility index (Phi) is 6.53. The van der Waals surface area contributed by atoms with Gasteiger partial charge in [-0.2, -0.15) is 4.31 Å². The molecule has 0 radical (unpaired) electrons. The largest absolute Gasteiger partial charge is 0.508 e. The first-order valence-electron chi connectivity index (χ1n) is 9.16. The normalized spacial score (nSPS) is 16.3. The standard InChI is InChI=1S/C18H25N5O4S/c1-2-19-18(20-13-15-3-5-17(24)6-4-15)22-8-10-23(11-9-22)28(25,26)14-16-7-12-27-21-16/h3-7,12,24H,2,8-11,13-14H2,1H3,(H,19,20). The Bertz CT molecular complexity index is 873. The molecular formula is C18H25N5O4S. The molecule has 1 aromatic heterocycles. The van der Waals surface area contributed by atoms with Crippen molar-refractivity contribution in [1.29, 1.82) is 0 Å². The summed E-state index contributed by atoms with van der Waals surface area (Å²) in [4.78, 5) is 6.71. The molecular weight excluding hydrogens is 382 g/mol. The Labute approximate surface area is 164 Å². The van der Waals surface area contributed by atoms with Crippen LogP contribution in [0.5, 0.6) is 5.75 Å². The molecule has 0 bridgehead atoms. The first-order valence-corrected chi connectivity index (χ1v) is 10.8. The van der Waals surface area contributed by atoms with Crippen LogP contribution in [0, 0.1) is 0 Å². The number of aromatic nitrogens is 1. The molecule has 3 rings (SSSR count). The van der Waals surface area contributed by atoms with Crippen molar-refractivity contribution in [3.05, 3.63) is 47.9 Å². The maximum absolute atomic E-state index is 12.6. The molecule has 0 aliphatic carbocycles. The lowest BCUT2D eigenvalue weighted by molar-refractivity contribution is 0.259. The molecule has 1 fully saturated rings. The number of benzene rings is 1. The zero-order chi connectivity index (χ0) is 20.0. The Morgan fingerprint density at radius 3 is 2.54 bits per heavy atom. The molecule has 2 heterocycles. The van der Waals surface area contributed by atoms with Crippen LogP contribution >= 0.6 is 0 Å². The van der Waals surface area contributed by atoms with Crippen molar-refractivity contribution in [2.45, 2.75) is 19.2 Å². The maximum Gasteiger partial charge on any atom is 0.220 e. The van der Waals surface area contributed by atoms with Crippen molar-refractivity contribution >= 4 is 16.0 Å². The van der Waals surface area contributed by atoms with E-state index in [1.54, 1.807) is 18.2 Å². The molecule has 1 aromatic carbocycles. The van der Waals surface area contributed by atoms with Crippen LogP contribution < -0.4 is 5.32 Å². The fraction of sp³-hybridized carbons (Fsp3) is 0.444. The molecule has 0 atom stereocenters. The Hall–Kier alpha value is -2.59. The third-order valence-corrected chi connectivity index (χ3v) is 6.25. The topological polar surface area (TPSA) is 111 Å². The third-order valence-electron chi connectivity index (χ3n) is 4.44. The zero-order valence-corrected chi connectivity index (χ0v) is 16.6. The van der Waals surface area contributed by atoms with Crippen molar-refractivity contribution < 1.29 is 18.0 Å². The number of rotatable bonds is 6. The van der Waals surface area contributed by atoms with Gasteiger partial charge in [-0.25, -0.2) is 13.4 Å². The number of hydrogen-bond acceptors (Lipinski definition) is 6. The molecule has 1 saturated heterocycles. The summed E-state index contributed by atoms with van der Waals surface area (Å²) in [5.41, 5.74) is 1.40. The first kappa shape index (κ1) is 20.2. The highest BCUT2D eigenvalue weighted by Gasteiger charge is 2.28. The van der Waals surface area contributed by atoms with Crippen molar-refractivity contribution in [3.63, 3.8) is 0 Å². The van der Waals surface area contributed by atoms with Crippen molar-refractivity contribution in [2.24, 2.45) is 4.99 Å². The summed E-state index contributed by atoms with van der Waals surface area (Å²) in [7, 11) is -3.43. The van der Waals surface area contributed by atoms with Crippen LogP contribution in [0.1, 0.15) is 18.2 Å². The van der Waals surface area contributed by atoms with Crippen LogP contribution in [0.25, 0.3) is 0 Å². The maximum atomic E-state index is 12.6. The van der Waals surface area contributed by atoms with Crippen LogP contribution in [0.4, 0.5) is 0 Å². The molecule has 2 aromatic rings. The summed E-state index contributed by atoms with van der Waals surface area (Å²) in [6.45, 7) is 5.09. The Morgan fingerprint density at radius 2 is 1.93 bits per heavy atom. The molecule has 0 amide bonds. The number of aromatic hydroxyl groups is 1. The van der Waals surface area contributed by atoms with Gasteiger partial charge in [-0.1, -0.05) is 17.3 Å². The minimum atomic E-state index is -3.43. The van der Waals surface area contributed by atoms with Crippen molar-refractivity contribution in [3.8, 4) is 5.75 Å². The molecule has 1 aliphatic heterocycles. The fourth-order valence-corrected chi connectivity index (χ4v) is 4.39. The van der Waals surface area contributed by atoms with Gasteiger partial charge in [0, 0.05) is 38.8 Å². The lowest BCUT2D eigenvalue weighted by Gasteiger charge is -2.35. The predicted molar refractivity (Wildman–Crippen MR) is 105 cm³/mol. The van der Waals surface area contributed by atoms with E-state index < -0.39 is 10.0 Å². The number of sulfonamides is 1. The van der Waals surface area contributed by atoms with E-state index in [-0.39, 0.29) is 11.5 Å². The van der Waals surface area contributed by atoms with E-state index in [4.69, 9.17) is 4.52 Å². The van der Waals surface area contributed by atoms with Crippen LogP contribution in [0.3, 0.4) is 0 Å². The van der Waals surface area contributed by atoms with Gasteiger partial charge in [-0.15, -0.1) is 0 Å². The number of hydrogen-bond donors (Lipinski definition) is 2. The van der Waals surface area contributed by atoms with Crippen LogP contribution in [-0.4, -0.2) is 66.6 Å². The predicted octanol–water partition coefficient (Wildman–Crippen LogP) is 0.993. The number of guanidine groups is 1. The molecule has 2 N–H and O–H groups in total. The van der Waals surface area contributed by atoms with Gasteiger partial charge < -0.3 is 19.8 Å². The fourth-order valence-electron chi connectivity index (χ4n) is 2.96. The Morgan fingerprint density at radius 1 is 1.21 bits per heavy atom. The van der Waals surface area contributed by atoms with E-state index in [1.165, 1.54) is 10.6 Å². The molecule has 10 heteroatoms. The minimum absolute atomic E-state index is 0.154. The van der Waals surface area contributed by atoms with Gasteiger partial charge >= 0.3 is 0 Å². The zero-order valence-electron chi connectivity index (χ0n) is 15.8. The van der Waals surface area contributed by atoms with E-state index in [9.17, 15) is 13.5 Å². The number of phenols is 1. The van der Waals surface area contributed by atoms with Gasteiger partial charge in [0.1, 0.15) is 17.8 Å². The summed E-state index contributed by atoms with van der Waals surface area (Å²) in [5.74, 6) is 0.824. The molecule has 0 spiro atoms. The van der Waals surface area contributed by atoms with E-state index in [1.807, 2.05) is 19.1 Å². The molecule has 1 aliphatic rings. The minimum Gasteiger partial charge on any atom is -0.508 e. The van der Waals surface area contributed by atoms with Crippen molar-refractivity contribution in [1.82, 2.24) is 19.7 Å². The van der Waals surface area contributed by atoms with Gasteiger partial charge in [-0.3, -0.25) is 0 Å². The van der Waals surface area contributed by atoms with Gasteiger partial charge in [0.25, 0.3) is 0 Å². The second-order valence-corrected chi connectivity index (χ2v) is 8.44.